The molecule has 0 spiro atoms. The van der Waals surface area contributed by atoms with Gasteiger partial charge in [-0.2, -0.15) is 0 Å². The second kappa shape index (κ2) is 6.23. The number of rotatable bonds is 4. The molecule has 0 radical (unpaired) electrons. The van der Waals surface area contributed by atoms with Crippen LogP contribution in [0.3, 0.4) is 0 Å². The Morgan fingerprint density at radius 1 is 1.20 bits per heavy atom. The van der Waals surface area contributed by atoms with Crippen LogP contribution in [-0.2, 0) is 17.0 Å². The van der Waals surface area contributed by atoms with Gasteiger partial charge < -0.3 is 5.32 Å². The van der Waals surface area contributed by atoms with E-state index in [-0.39, 0.29) is 24.7 Å². The molecule has 128 valence electrons. The number of hydrogen-bond donors (Lipinski definition) is 1. The summed E-state index contributed by atoms with van der Waals surface area (Å²) in [5, 5.41) is 6.08. The summed E-state index contributed by atoms with van der Waals surface area (Å²) in [4.78, 5) is 12.2. The van der Waals surface area contributed by atoms with Crippen molar-refractivity contribution in [3.8, 4) is 0 Å². The normalized spacial score (nSPS) is 22.6. The van der Waals surface area contributed by atoms with Gasteiger partial charge in [-0.1, -0.05) is 18.2 Å². The number of alkyl halides is 1. The van der Waals surface area contributed by atoms with E-state index in [2.05, 4.69) is 11.4 Å². The summed E-state index contributed by atoms with van der Waals surface area (Å²) in [6.45, 7) is 0.431. The van der Waals surface area contributed by atoms with Gasteiger partial charge in [-0.15, -0.1) is 11.3 Å². The van der Waals surface area contributed by atoms with Crippen molar-refractivity contribution in [1.82, 2.24) is 5.32 Å². The smallest absolute Gasteiger partial charge is 0.223 e. The third kappa shape index (κ3) is 3.16. The minimum atomic E-state index is -1.60. The summed E-state index contributed by atoms with van der Waals surface area (Å²) in [7, 11) is 0. The Balaban J connectivity index is 1.35. The van der Waals surface area contributed by atoms with Crippen LogP contribution in [0.2, 0.25) is 0 Å². The third-order valence-electron chi connectivity index (χ3n) is 4.84. The maximum Gasteiger partial charge on any atom is 0.223 e. The average Bonchev–Trinajstić information content (AvgIpc) is 3.04. The average molecular weight is 357 g/mol. The van der Waals surface area contributed by atoms with Gasteiger partial charge in [-0.3, -0.25) is 4.79 Å². The summed E-state index contributed by atoms with van der Waals surface area (Å²) >= 11 is 1.68. The Labute approximate surface area is 148 Å². The van der Waals surface area contributed by atoms with Crippen LogP contribution in [-0.4, -0.2) is 5.91 Å². The molecule has 2 nitrogen and oxygen atoms in total. The van der Waals surface area contributed by atoms with Crippen LogP contribution in [0, 0.1) is 11.7 Å². The third-order valence-corrected chi connectivity index (χ3v) is 5.73. The Morgan fingerprint density at radius 3 is 2.84 bits per heavy atom. The molecule has 0 unspecified atom stereocenters. The van der Waals surface area contributed by atoms with Gasteiger partial charge in [-0.25, -0.2) is 8.78 Å². The number of fused-ring (bicyclic) bond motifs is 1. The van der Waals surface area contributed by atoms with E-state index in [0.29, 0.717) is 12.1 Å². The molecule has 25 heavy (non-hydrogen) atoms. The minimum absolute atomic E-state index is 0.103. The molecule has 1 aliphatic carbocycles. The predicted molar refractivity (Wildman–Crippen MR) is 95.6 cm³/mol. The number of amides is 1. The molecule has 0 atom stereocenters. The fraction of sp³-hybridized carbons (Fsp3) is 0.250. The van der Waals surface area contributed by atoms with Gasteiger partial charge in [0.25, 0.3) is 0 Å². The number of nitrogens with one attached hydrogen (secondary N) is 1. The fourth-order valence-electron chi connectivity index (χ4n) is 3.37. The van der Waals surface area contributed by atoms with Gasteiger partial charge in [-0.05, 0) is 65.1 Å². The van der Waals surface area contributed by atoms with E-state index < -0.39 is 11.5 Å². The number of benzene rings is 2. The Hall–Kier alpha value is -2.27. The highest BCUT2D eigenvalue weighted by atomic mass is 32.1. The van der Waals surface area contributed by atoms with Crippen LogP contribution in [0.1, 0.15) is 24.0 Å². The van der Waals surface area contributed by atoms with Crippen LogP contribution in [0.15, 0.2) is 53.9 Å². The lowest BCUT2D eigenvalue weighted by molar-refractivity contribution is -0.134. The second-order valence-corrected chi connectivity index (χ2v) is 7.54. The quantitative estimate of drug-likeness (QED) is 0.705. The summed E-state index contributed by atoms with van der Waals surface area (Å²) in [6, 6.07) is 13.7. The van der Waals surface area contributed by atoms with Crippen molar-refractivity contribution in [1.29, 1.82) is 0 Å². The van der Waals surface area contributed by atoms with Crippen LogP contribution in [0.4, 0.5) is 8.78 Å². The van der Waals surface area contributed by atoms with E-state index in [0.717, 1.165) is 10.9 Å². The van der Waals surface area contributed by atoms with Crippen molar-refractivity contribution < 1.29 is 13.6 Å². The molecule has 0 aliphatic heterocycles. The van der Waals surface area contributed by atoms with Crippen LogP contribution in [0.25, 0.3) is 10.1 Å². The minimum Gasteiger partial charge on any atom is -0.352 e. The van der Waals surface area contributed by atoms with Gasteiger partial charge in [0.05, 0.1) is 0 Å². The maximum absolute atomic E-state index is 14.8. The van der Waals surface area contributed by atoms with Crippen LogP contribution in [0.5, 0.6) is 0 Å². The molecule has 1 amide bonds. The summed E-state index contributed by atoms with van der Waals surface area (Å²) in [5.41, 5.74) is -0.255. The molecule has 1 heterocycles. The van der Waals surface area contributed by atoms with Gasteiger partial charge in [0, 0.05) is 17.2 Å². The highest BCUT2D eigenvalue weighted by molar-refractivity contribution is 7.17. The Morgan fingerprint density at radius 2 is 2.04 bits per heavy atom. The molecule has 2 aromatic carbocycles. The molecule has 1 N–H and O–H groups in total. The summed E-state index contributed by atoms with van der Waals surface area (Å²) < 4.78 is 29.3. The molecule has 1 saturated carbocycles. The maximum atomic E-state index is 14.8. The van der Waals surface area contributed by atoms with E-state index in [9.17, 15) is 13.6 Å². The molecule has 3 aromatic rings. The number of thiophene rings is 1. The first-order chi connectivity index (χ1) is 12.0. The first-order valence-corrected chi connectivity index (χ1v) is 9.10. The number of carbonyl (C=O) groups is 1. The SMILES string of the molecule is O=C(NCc1ccc2sccc2c1)C1CC(F)(c2cccc(F)c2)C1. The Bertz CT molecular complexity index is 930. The lowest BCUT2D eigenvalue weighted by Gasteiger charge is -2.40. The highest BCUT2D eigenvalue weighted by Crippen LogP contribution is 2.49. The van der Waals surface area contributed by atoms with Crippen molar-refractivity contribution in [2.75, 3.05) is 0 Å². The molecule has 4 rings (SSSR count). The van der Waals surface area contributed by atoms with Crippen molar-refractivity contribution >= 4 is 27.3 Å². The van der Waals surface area contributed by atoms with Gasteiger partial charge in [0.15, 0.2) is 0 Å². The standard InChI is InChI=1S/C20H17F2NOS/c21-17-3-1-2-16(9-17)20(22)10-15(11-20)19(24)23-12-13-4-5-18-14(8-13)6-7-25-18/h1-9,15H,10-12H2,(H,23,24). The van der Waals surface area contributed by atoms with Crippen molar-refractivity contribution in [3.63, 3.8) is 0 Å². The molecular formula is C20H17F2NOS. The first kappa shape index (κ1) is 16.2. The largest absolute Gasteiger partial charge is 0.352 e. The Kier molecular flexibility index (Phi) is 4.04. The van der Waals surface area contributed by atoms with Crippen molar-refractivity contribution in [2.45, 2.75) is 25.1 Å². The molecule has 0 bridgehead atoms. The first-order valence-electron chi connectivity index (χ1n) is 8.22. The fourth-order valence-corrected chi connectivity index (χ4v) is 4.14. The van der Waals surface area contributed by atoms with Crippen LogP contribution < -0.4 is 5.32 Å². The van der Waals surface area contributed by atoms with Crippen molar-refractivity contribution in [3.05, 3.63) is 70.9 Å². The van der Waals surface area contributed by atoms with E-state index >= 15 is 0 Å². The molecule has 1 aliphatic rings. The zero-order chi connectivity index (χ0) is 17.4. The van der Waals surface area contributed by atoms with Gasteiger partial charge in [0.2, 0.25) is 5.91 Å². The second-order valence-electron chi connectivity index (χ2n) is 6.59. The highest BCUT2D eigenvalue weighted by Gasteiger charge is 2.49. The van der Waals surface area contributed by atoms with E-state index in [1.54, 1.807) is 17.4 Å². The van der Waals surface area contributed by atoms with E-state index in [1.165, 1.54) is 22.9 Å². The summed E-state index contributed by atoms with van der Waals surface area (Å²) in [5.74, 6) is -0.959. The predicted octanol–water partition coefficient (Wildman–Crippen LogP) is 4.93. The molecular weight excluding hydrogens is 340 g/mol. The lowest BCUT2D eigenvalue weighted by atomic mass is 9.68. The van der Waals surface area contributed by atoms with Gasteiger partial charge >= 0.3 is 0 Å². The number of hydrogen-bond acceptors (Lipinski definition) is 2. The molecule has 5 heteroatoms. The number of carbonyl (C=O) groups excluding carboxylic acids is 1. The monoisotopic (exact) mass is 357 g/mol. The van der Waals surface area contributed by atoms with Gasteiger partial charge in [0.1, 0.15) is 11.5 Å². The van der Waals surface area contributed by atoms with Crippen molar-refractivity contribution in [2.24, 2.45) is 5.92 Å². The van der Waals surface area contributed by atoms with E-state index in [1.807, 2.05) is 23.6 Å². The van der Waals surface area contributed by atoms with E-state index in [4.69, 9.17) is 0 Å². The topological polar surface area (TPSA) is 29.1 Å². The number of halogens is 2. The van der Waals surface area contributed by atoms with Crippen LogP contribution >= 0.6 is 11.3 Å². The zero-order valence-corrected chi connectivity index (χ0v) is 14.3. The molecule has 1 aromatic heterocycles. The molecule has 0 saturated heterocycles. The molecule has 1 fully saturated rings. The zero-order valence-electron chi connectivity index (χ0n) is 13.5. The summed E-state index contributed by atoms with van der Waals surface area (Å²) in [6.07, 6.45) is 0.206. The lowest BCUT2D eigenvalue weighted by Crippen LogP contribution is -2.45.